The van der Waals surface area contributed by atoms with E-state index < -0.39 is 40.8 Å². The fourth-order valence-electron chi connectivity index (χ4n) is 2.43. The number of alkyl halides is 6. The van der Waals surface area contributed by atoms with E-state index in [-0.39, 0.29) is 24.9 Å². The van der Waals surface area contributed by atoms with E-state index in [0.717, 1.165) is 28.3 Å². The Balaban J connectivity index is 1.87. The molecule has 29 heavy (non-hydrogen) atoms. The molecule has 1 saturated heterocycles. The molecule has 2 aromatic rings. The van der Waals surface area contributed by atoms with Gasteiger partial charge in [-0.1, -0.05) is 0 Å². The number of hydrogen-bond acceptors (Lipinski definition) is 4. The van der Waals surface area contributed by atoms with Gasteiger partial charge in [-0.15, -0.1) is 5.10 Å². The largest absolute Gasteiger partial charge is 0.416 e. The number of aromatic nitrogens is 3. The van der Waals surface area contributed by atoms with E-state index in [1.54, 1.807) is 0 Å². The van der Waals surface area contributed by atoms with Gasteiger partial charge in [0.2, 0.25) is 5.91 Å². The average molecular weight is 419 g/mol. The summed E-state index contributed by atoms with van der Waals surface area (Å²) >= 11 is 0. The topological polar surface area (TPSA) is 80.1 Å². The smallest absolute Gasteiger partial charge is 0.273 e. The number of carbonyl (C=O) groups excluding carboxylic acids is 2. The highest BCUT2D eigenvalue weighted by Crippen LogP contribution is 2.38. The van der Waals surface area contributed by atoms with Crippen LogP contribution in [0.25, 0.3) is 17.6 Å². The van der Waals surface area contributed by atoms with Crippen molar-refractivity contribution in [3.05, 3.63) is 41.7 Å². The van der Waals surface area contributed by atoms with E-state index in [4.69, 9.17) is 0 Å². The Labute approximate surface area is 158 Å². The van der Waals surface area contributed by atoms with E-state index in [9.17, 15) is 35.9 Å². The van der Waals surface area contributed by atoms with E-state index in [1.165, 1.54) is 0 Å². The maximum Gasteiger partial charge on any atom is 0.416 e. The van der Waals surface area contributed by atoms with Crippen molar-refractivity contribution in [3.8, 4) is 11.4 Å². The van der Waals surface area contributed by atoms with Gasteiger partial charge in [0.15, 0.2) is 5.82 Å². The predicted molar refractivity (Wildman–Crippen MR) is 85.3 cm³/mol. The molecule has 0 bridgehead atoms. The van der Waals surface area contributed by atoms with Crippen LogP contribution in [0.3, 0.4) is 0 Å². The molecule has 1 aliphatic rings. The number of hydrogen-bond donors (Lipinski definition) is 1. The molecule has 0 aliphatic carbocycles. The van der Waals surface area contributed by atoms with Crippen molar-refractivity contribution in [2.75, 3.05) is 6.54 Å². The molecule has 154 valence electrons. The van der Waals surface area contributed by atoms with Gasteiger partial charge < -0.3 is 0 Å². The third kappa shape index (κ3) is 4.73. The second-order valence-corrected chi connectivity index (χ2v) is 5.93. The molecule has 2 heterocycles. The van der Waals surface area contributed by atoms with Crippen LogP contribution in [0.1, 0.15) is 17.5 Å². The Kier molecular flexibility index (Phi) is 5.07. The van der Waals surface area contributed by atoms with Gasteiger partial charge in [-0.05, 0) is 18.2 Å². The lowest BCUT2D eigenvalue weighted by Gasteiger charge is -2.13. The summed E-state index contributed by atoms with van der Waals surface area (Å²) in [6.45, 7) is 0.162. The van der Waals surface area contributed by atoms with Gasteiger partial charge in [0.25, 0.3) is 5.91 Å². The van der Waals surface area contributed by atoms with Gasteiger partial charge in [-0.3, -0.25) is 15.0 Å². The maximum atomic E-state index is 12.9. The molecule has 0 spiro atoms. The number of hydrazine groups is 1. The molecule has 0 radical (unpaired) electrons. The van der Waals surface area contributed by atoms with Crippen LogP contribution in [-0.2, 0) is 21.9 Å². The van der Waals surface area contributed by atoms with Crippen molar-refractivity contribution in [2.24, 2.45) is 0 Å². The number of benzene rings is 1. The van der Waals surface area contributed by atoms with Gasteiger partial charge >= 0.3 is 12.4 Å². The molecule has 1 aromatic heterocycles. The molecule has 1 fully saturated rings. The van der Waals surface area contributed by atoms with Crippen LogP contribution in [0, 0.1) is 0 Å². The molecule has 0 unspecified atom stereocenters. The summed E-state index contributed by atoms with van der Waals surface area (Å²) in [6.07, 6.45) is -6.73. The summed E-state index contributed by atoms with van der Waals surface area (Å²) in [4.78, 5) is 26.6. The van der Waals surface area contributed by atoms with Crippen molar-refractivity contribution in [3.63, 3.8) is 0 Å². The number of carbonyl (C=O) groups is 2. The summed E-state index contributed by atoms with van der Waals surface area (Å²) < 4.78 is 78.6. The molecule has 0 saturated carbocycles. The monoisotopic (exact) mass is 419 g/mol. The van der Waals surface area contributed by atoms with Crippen LogP contribution in [-0.4, -0.2) is 38.1 Å². The molecular weight excluding hydrogens is 408 g/mol. The lowest BCUT2D eigenvalue weighted by atomic mass is 10.0. The first-order chi connectivity index (χ1) is 13.4. The molecule has 1 aromatic carbocycles. The third-order valence-corrected chi connectivity index (χ3v) is 3.81. The van der Waals surface area contributed by atoms with Gasteiger partial charge in [0.05, 0.1) is 17.7 Å². The second kappa shape index (κ2) is 7.22. The second-order valence-electron chi connectivity index (χ2n) is 5.93. The quantitative estimate of drug-likeness (QED) is 0.613. The summed E-state index contributed by atoms with van der Waals surface area (Å²) in [6, 6.07) is 1.01. The fourth-order valence-corrected chi connectivity index (χ4v) is 2.43. The van der Waals surface area contributed by atoms with E-state index in [1.807, 2.05) is 0 Å². The lowest BCUT2D eigenvalue weighted by molar-refractivity contribution is -0.143. The maximum absolute atomic E-state index is 12.9. The highest BCUT2D eigenvalue weighted by atomic mass is 19.4. The Morgan fingerprint density at radius 3 is 2.21 bits per heavy atom. The molecule has 7 nitrogen and oxygen atoms in total. The number of nitrogens with one attached hydrogen (secondary N) is 1. The van der Waals surface area contributed by atoms with Crippen molar-refractivity contribution in [1.82, 2.24) is 25.2 Å². The summed E-state index contributed by atoms with van der Waals surface area (Å²) in [7, 11) is 0. The van der Waals surface area contributed by atoms with Crippen LogP contribution >= 0.6 is 0 Å². The fraction of sp³-hybridized carbons (Fsp3) is 0.250. The first kappa shape index (κ1) is 20.4. The van der Waals surface area contributed by atoms with Crippen molar-refractivity contribution in [2.45, 2.75) is 18.8 Å². The van der Waals surface area contributed by atoms with Gasteiger partial charge in [-0.2, -0.15) is 26.3 Å². The minimum Gasteiger partial charge on any atom is -0.273 e. The Morgan fingerprint density at radius 2 is 1.69 bits per heavy atom. The van der Waals surface area contributed by atoms with Gasteiger partial charge in [-0.25, -0.2) is 14.7 Å². The molecule has 2 amide bonds. The zero-order valence-corrected chi connectivity index (χ0v) is 14.3. The summed E-state index contributed by atoms with van der Waals surface area (Å²) in [5.41, 5.74) is -1.17. The SMILES string of the molecule is O=C1CCN(C(=O)/C=C\n2cnc(-c3cc(C(F)(F)F)cc(C(F)(F)F)c3)n2)N1. The normalized spacial score (nSPS) is 15.2. The highest BCUT2D eigenvalue weighted by molar-refractivity contribution is 5.93. The predicted octanol–water partition coefficient (Wildman–Crippen LogP) is 2.72. The van der Waals surface area contributed by atoms with Gasteiger partial charge in [0.1, 0.15) is 6.33 Å². The zero-order chi connectivity index (χ0) is 21.4. The lowest BCUT2D eigenvalue weighted by Crippen LogP contribution is -2.37. The highest BCUT2D eigenvalue weighted by Gasteiger charge is 2.37. The number of halogens is 6. The van der Waals surface area contributed by atoms with E-state index in [0.29, 0.717) is 12.1 Å². The van der Waals surface area contributed by atoms with Crippen LogP contribution < -0.4 is 5.43 Å². The van der Waals surface area contributed by atoms with Crippen molar-refractivity contribution >= 4 is 18.0 Å². The summed E-state index contributed by atoms with van der Waals surface area (Å²) in [5.74, 6) is -1.32. The minimum atomic E-state index is -4.99. The van der Waals surface area contributed by atoms with Crippen LogP contribution in [0.5, 0.6) is 0 Å². The first-order valence-corrected chi connectivity index (χ1v) is 7.94. The molecule has 0 atom stereocenters. The number of rotatable bonds is 3. The van der Waals surface area contributed by atoms with Crippen LogP contribution in [0.2, 0.25) is 0 Å². The zero-order valence-electron chi connectivity index (χ0n) is 14.3. The number of nitrogens with zero attached hydrogens (tertiary/aromatic N) is 4. The third-order valence-electron chi connectivity index (χ3n) is 3.81. The summed E-state index contributed by atoms with van der Waals surface area (Å²) in [5, 5.41) is 4.81. The standard InChI is InChI=1S/C16H11F6N5O2/c17-15(18,19)10-5-9(6-11(7-10)16(20,21)22)14-23-8-26(25-14)3-2-13(29)27-4-1-12(28)24-27/h2-3,5-8H,1,4H2,(H,24,28)/b3-2-. The van der Waals surface area contributed by atoms with Crippen LogP contribution in [0.15, 0.2) is 30.6 Å². The van der Waals surface area contributed by atoms with Crippen molar-refractivity contribution in [1.29, 1.82) is 0 Å². The minimum absolute atomic E-state index is 0.00338. The first-order valence-electron chi connectivity index (χ1n) is 7.94. The Morgan fingerprint density at radius 1 is 1.07 bits per heavy atom. The molecular formula is C16H11F6N5O2. The molecule has 13 heteroatoms. The van der Waals surface area contributed by atoms with E-state index in [2.05, 4.69) is 15.5 Å². The molecule has 1 N–H and O–H groups in total. The average Bonchev–Trinajstić information content (AvgIpc) is 3.27. The van der Waals surface area contributed by atoms with Crippen LogP contribution in [0.4, 0.5) is 26.3 Å². The molecule has 1 aliphatic heterocycles. The van der Waals surface area contributed by atoms with E-state index >= 15 is 0 Å². The Hall–Kier alpha value is -3.38. The molecule has 3 rings (SSSR count). The number of amides is 2. The van der Waals surface area contributed by atoms with Crippen molar-refractivity contribution < 1.29 is 35.9 Å². The Bertz CT molecular complexity index is 947. The van der Waals surface area contributed by atoms with Gasteiger partial charge in [0, 0.05) is 24.3 Å².